The van der Waals surface area contributed by atoms with Gasteiger partial charge in [0.1, 0.15) is 5.75 Å². The van der Waals surface area contributed by atoms with Crippen molar-refractivity contribution in [1.29, 1.82) is 0 Å². The van der Waals surface area contributed by atoms with Crippen LogP contribution in [0, 0.1) is 0 Å². The average Bonchev–Trinajstić information content (AvgIpc) is 2.94. The maximum Gasteiger partial charge on any atom is 0.119 e. The van der Waals surface area contributed by atoms with Crippen LogP contribution in [0.3, 0.4) is 0 Å². The standard InChI is InChI=1S/C13H15N3O/c1-17-11-4-2-10(3-5-11)16-12(6-9-15-16)13(14)7-8-13/h2-6,9H,7-8,14H2,1H3. The minimum atomic E-state index is -0.170. The minimum absolute atomic E-state index is 0.170. The number of rotatable bonds is 3. The molecule has 4 heteroatoms. The highest BCUT2D eigenvalue weighted by molar-refractivity contribution is 5.40. The maximum absolute atomic E-state index is 6.22. The molecular formula is C13H15N3O. The number of nitrogens with zero attached hydrogens (tertiary/aromatic N) is 2. The van der Waals surface area contributed by atoms with Crippen molar-refractivity contribution in [3.63, 3.8) is 0 Å². The molecule has 0 amide bonds. The largest absolute Gasteiger partial charge is 0.497 e. The third kappa shape index (κ3) is 1.70. The lowest BCUT2D eigenvalue weighted by Crippen LogP contribution is -2.22. The van der Waals surface area contributed by atoms with E-state index in [-0.39, 0.29) is 5.54 Å². The first-order valence-corrected chi connectivity index (χ1v) is 5.71. The van der Waals surface area contributed by atoms with Crippen molar-refractivity contribution in [3.8, 4) is 11.4 Å². The molecule has 0 unspecified atom stereocenters. The lowest BCUT2D eigenvalue weighted by atomic mass is 10.2. The first kappa shape index (κ1) is 10.4. The topological polar surface area (TPSA) is 53.1 Å². The first-order chi connectivity index (χ1) is 8.23. The number of benzene rings is 1. The smallest absolute Gasteiger partial charge is 0.119 e. The van der Waals surface area contributed by atoms with Gasteiger partial charge >= 0.3 is 0 Å². The maximum atomic E-state index is 6.22. The van der Waals surface area contributed by atoms with Gasteiger partial charge in [0.15, 0.2) is 0 Å². The van der Waals surface area contributed by atoms with Crippen LogP contribution in [0.15, 0.2) is 36.5 Å². The second-order valence-corrected chi connectivity index (χ2v) is 4.48. The van der Waals surface area contributed by atoms with E-state index in [9.17, 15) is 0 Å². The summed E-state index contributed by atoms with van der Waals surface area (Å²) >= 11 is 0. The van der Waals surface area contributed by atoms with E-state index in [1.807, 2.05) is 35.0 Å². The van der Waals surface area contributed by atoms with Gasteiger partial charge in [-0.05, 0) is 43.2 Å². The van der Waals surface area contributed by atoms with Crippen molar-refractivity contribution in [1.82, 2.24) is 9.78 Å². The molecule has 17 heavy (non-hydrogen) atoms. The Morgan fingerprint density at radius 1 is 1.24 bits per heavy atom. The highest BCUT2D eigenvalue weighted by Gasteiger charge is 2.42. The second kappa shape index (κ2) is 3.60. The quantitative estimate of drug-likeness (QED) is 0.873. The van der Waals surface area contributed by atoms with Crippen molar-refractivity contribution >= 4 is 0 Å². The molecule has 2 aromatic rings. The van der Waals surface area contributed by atoms with Crippen LogP contribution >= 0.6 is 0 Å². The summed E-state index contributed by atoms with van der Waals surface area (Å²) in [6.45, 7) is 0. The molecule has 1 fully saturated rings. The third-order valence-electron chi connectivity index (χ3n) is 3.26. The summed E-state index contributed by atoms with van der Waals surface area (Å²) < 4.78 is 7.05. The Morgan fingerprint density at radius 2 is 1.94 bits per heavy atom. The zero-order valence-electron chi connectivity index (χ0n) is 9.76. The first-order valence-electron chi connectivity index (χ1n) is 5.71. The van der Waals surface area contributed by atoms with Gasteiger partial charge in [-0.2, -0.15) is 5.10 Å². The second-order valence-electron chi connectivity index (χ2n) is 4.48. The summed E-state index contributed by atoms with van der Waals surface area (Å²) in [6.07, 6.45) is 3.87. The fourth-order valence-electron chi connectivity index (χ4n) is 2.00. The van der Waals surface area contributed by atoms with Crippen LogP contribution in [-0.4, -0.2) is 16.9 Å². The fraction of sp³-hybridized carbons (Fsp3) is 0.308. The Balaban J connectivity index is 2.00. The molecule has 88 valence electrons. The molecular weight excluding hydrogens is 214 g/mol. The van der Waals surface area contributed by atoms with Crippen LogP contribution in [0.1, 0.15) is 18.5 Å². The Morgan fingerprint density at radius 3 is 2.53 bits per heavy atom. The molecule has 1 saturated carbocycles. The highest BCUT2D eigenvalue weighted by Crippen LogP contribution is 2.43. The van der Waals surface area contributed by atoms with E-state index in [2.05, 4.69) is 5.10 Å². The molecule has 1 aliphatic carbocycles. The van der Waals surface area contributed by atoms with Crippen molar-refractivity contribution in [2.75, 3.05) is 7.11 Å². The molecule has 3 rings (SSSR count). The van der Waals surface area contributed by atoms with Crippen LogP contribution in [0.2, 0.25) is 0 Å². The number of nitrogens with two attached hydrogens (primary N) is 1. The van der Waals surface area contributed by atoms with Gasteiger partial charge in [0.25, 0.3) is 0 Å². The monoisotopic (exact) mass is 229 g/mol. The number of hydrogen-bond donors (Lipinski definition) is 1. The zero-order chi connectivity index (χ0) is 11.9. The van der Waals surface area contributed by atoms with E-state index in [0.717, 1.165) is 30.0 Å². The minimum Gasteiger partial charge on any atom is -0.497 e. The van der Waals surface area contributed by atoms with E-state index in [1.165, 1.54) is 0 Å². The van der Waals surface area contributed by atoms with Crippen LogP contribution in [0.4, 0.5) is 0 Å². The Labute approximate surface area is 100 Å². The van der Waals surface area contributed by atoms with Gasteiger partial charge in [0.05, 0.1) is 24.0 Å². The van der Waals surface area contributed by atoms with Crippen molar-refractivity contribution in [2.24, 2.45) is 5.73 Å². The van der Waals surface area contributed by atoms with Gasteiger partial charge in [-0.3, -0.25) is 0 Å². The summed E-state index contributed by atoms with van der Waals surface area (Å²) in [5.74, 6) is 0.844. The van der Waals surface area contributed by atoms with E-state index in [0.29, 0.717) is 0 Å². The average molecular weight is 229 g/mol. The molecule has 4 nitrogen and oxygen atoms in total. The number of hydrogen-bond acceptors (Lipinski definition) is 3. The number of ether oxygens (including phenoxy) is 1. The number of aromatic nitrogens is 2. The van der Waals surface area contributed by atoms with Crippen LogP contribution in [0.5, 0.6) is 5.75 Å². The molecule has 1 heterocycles. The third-order valence-corrected chi connectivity index (χ3v) is 3.26. The van der Waals surface area contributed by atoms with Gasteiger partial charge < -0.3 is 10.5 Å². The molecule has 0 spiro atoms. The Kier molecular flexibility index (Phi) is 2.19. The molecule has 2 N–H and O–H groups in total. The molecule has 1 aliphatic rings. The predicted octanol–water partition coefficient (Wildman–Crippen LogP) is 1.83. The van der Waals surface area contributed by atoms with E-state index in [1.54, 1.807) is 13.3 Å². The highest BCUT2D eigenvalue weighted by atomic mass is 16.5. The summed E-state index contributed by atoms with van der Waals surface area (Å²) in [5, 5.41) is 4.34. The van der Waals surface area contributed by atoms with Gasteiger partial charge in [-0.15, -0.1) is 0 Å². The van der Waals surface area contributed by atoms with Gasteiger partial charge in [0, 0.05) is 6.20 Å². The lowest BCUT2D eigenvalue weighted by molar-refractivity contribution is 0.414. The van der Waals surface area contributed by atoms with Crippen molar-refractivity contribution in [2.45, 2.75) is 18.4 Å². The molecule has 0 bridgehead atoms. The molecule has 0 aliphatic heterocycles. The van der Waals surface area contributed by atoms with E-state index < -0.39 is 0 Å². The fourth-order valence-corrected chi connectivity index (χ4v) is 2.00. The molecule has 1 aromatic carbocycles. The molecule has 1 aromatic heterocycles. The van der Waals surface area contributed by atoms with Crippen molar-refractivity contribution < 1.29 is 4.74 Å². The summed E-state index contributed by atoms with van der Waals surface area (Å²) in [7, 11) is 1.66. The zero-order valence-corrected chi connectivity index (χ0v) is 9.76. The molecule has 0 saturated heterocycles. The van der Waals surface area contributed by atoms with E-state index in [4.69, 9.17) is 10.5 Å². The Hall–Kier alpha value is -1.81. The summed E-state index contributed by atoms with van der Waals surface area (Å²) in [6, 6.07) is 9.83. The van der Waals surface area contributed by atoms with Crippen LogP contribution in [0.25, 0.3) is 5.69 Å². The Bertz CT molecular complexity index is 526. The van der Waals surface area contributed by atoms with Crippen LogP contribution < -0.4 is 10.5 Å². The lowest BCUT2D eigenvalue weighted by Gasteiger charge is -2.12. The SMILES string of the molecule is COc1ccc(-n2nccc2C2(N)CC2)cc1. The summed E-state index contributed by atoms with van der Waals surface area (Å²) in [5.41, 5.74) is 8.15. The molecule has 0 radical (unpaired) electrons. The van der Waals surface area contributed by atoms with Crippen molar-refractivity contribution in [3.05, 3.63) is 42.2 Å². The van der Waals surface area contributed by atoms with E-state index >= 15 is 0 Å². The van der Waals surface area contributed by atoms with Gasteiger partial charge in [0.2, 0.25) is 0 Å². The number of methoxy groups -OCH3 is 1. The predicted molar refractivity (Wildman–Crippen MR) is 65.2 cm³/mol. The molecule has 0 atom stereocenters. The summed E-state index contributed by atoms with van der Waals surface area (Å²) in [4.78, 5) is 0. The normalized spacial score (nSPS) is 16.8. The van der Waals surface area contributed by atoms with Gasteiger partial charge in [-0.1, -0.05) is 0 Å². The van der Waals surface area contributed by atoms with Crippen LogP contribution in [-0.2, 0) is 5.54 Å². The van der Waals surface area contributed by atoms with Gasteiger partial charge in [-0.25, -0.2) is 4.68 Å².